The Kier molecular flexibility index (Phi) is 3.60. The summed E-state index contributed by atoms with van der Waals surface area (Å²) in [5.74, 6) is 1.72. The number of rotatable bonds is 4. The van der Waals surface area contributed by atoms with Crippen LogP contribution in [-0.2, 0) is 0 Å². The standard InChI is InChI=1S/C14H28N2/c1-4-14(10-15,13-7-8-13)16-9-5-6-11(2)12(16)3/h11-13H,4-10,15H2,1-3H3. The van der Waals surface area contributed by atoms with Crippen LogP contribution in [0.15, 0.2) is 0 Å². The van der Waals surface area contributed by atoms with E-state index in [1.807, 2.05) is 0 Å². The van der Waals surface area contributed by atoms with Crippen molar-refractivity contribution >= 4 is 0 Å². The van der Waals surface area contributed by atoms with Crippen LogP contribution in [0.3, 0.4) is 0 Å². The zero-order valence-corrected chi connectivity index (χ0v) is 11.2. The van der Waals surface area contributed by atoms with E-state index >= 15 is 0 Å². The highest BCUT2D eigenvalue weighted by Crippen LogP contribution is 2.47. The van der Waals surface area contributed by atoms with Gasteiger partial charge in [0.1, 0.15) is 0 Å². The first-order valence-electron chi connectivity index (χ1n) is 7.12. The van der Waals surface area contributed by atoms with E-state index in [-0.39, 0.29) is 0 Å². The Labute approximate surface area is 101 Å². The maximum Gasteiger partial charge on any atom is 0.0360 e. The molecule has 3 atom stereocenters. The van der Waals surface area contributed by atoms with Gasteiger partial charge in [0.15, 0.2) is 0 Å². The van der Waals surface area contributed by atoms with Gasteiger partial charge in [0.2, 0.25) is 0 Å². The van der Waals surface area contributed by atoms with Crippen molar-refractivity contribution in [2.24, 2.45) is 17.6 Å². The van der Waals surface area contributed by atoms with E-state index in [9.17, 15) is 0 Å². The minimum Gasteiger partial charge on any atom is -0.329 e. The highest BCUT2D eigenvalue weighted by molar-refractivity contribution is 5.05. The molecule has 1 aliphatic carbocycles. The van der Waals surface area contributed by atoms with Gasteiger partial charge in [0.25, 0.3) is 0 Å². The van der Waals surface area contributed by atoms with Crippen LogP contribution in [0.25, 0.3) is 0 Å². The van der Waals surface area contributed by atoms with Crippen molar-refractivity contribution in [1.82, 2.24) is 4.90 Å². The van der Waals surface area contributed by atoms with Crippen molar-refractivity contribution in [3.05, 3.63) is 0 Å². The van der Waals surface area contributed by atoms with E-state index in [2.05, 4.69) is 25.7 Å². The van der Waals surface area contributed by atoms with E-state index < -0.39 is 0 Å². The molecule has 2 rings (SSSR count). The van der Waals surface area contributed by atoms with Gasteiger partial charge in [-0.05, 0) is 57.4 Å². The molecule has 2 nitrogen and oxygen atoms in total. The molecule has 0 aromatic heterocycles. The summed E-state index contributed by atoms with van der Waals surface area (Å²) in [5.41, 5.74) is 6.48. The molecule has 2 aliphatic rings. The molecular weight excluding hydrogens is 196 g/mol. The number of hydrogen-bond acceptors (Lipinski definition) is 2. The van der Waals surface area contributed by atoms with Crippen molar-refractivity contribution < 1.29 is 0 Å². The van der Waals surface area contributed by atoms with Gasteiger partial charge in [-0.3, -0.25) is 4.90 Å². The average Bonchev–Trinajstić information content (AvgIpc) is 3.11. The molecule has 0 spiro atoms. The van der Waals surface area contributed by atoms with Gasteiger partial charge >= 0.3 is 0 Å². The quantitative estimate of drug-likeness (QED) is 0.795. The summed E-state index contributed by atoms with van der Waals surface area (Å²) in [4.78, 5) is 2.76. The van der Waals surface area contributed by atoms with Crippen LogP contribution in [0.4, 0.5) is 0 Å². The Bertz CT molecular complexity index is 231. The summed E-state index contributed by atoms with van der Waals surface area (Å²) in [7, 11) is 0. The SMILES string of the molecule is CCC(CN)(C1CC1)N1CCCC(C)C1C. The second-order valence-corrected chi connectivity index (χ2v) is 5.99. The van der Waals surface area contributed by atoms with Crippen LogP contribution in [0.5, 0.6) is 0 Å². The van der Waals surface area contributed by atoms with Crippen molar-refractivity contribution in [2.75, 3.05) is 13.1 Å². The van der Waals surface area contributed by atoms with Crippen LogP contribution < -0.4 is 5.73 Å². The first-order chi connectivity index (χ1) is 7.65. The second-order valence-electron chi connectivity index (χ2n) is 5.99. The second kappa shape index (κ2) is 4.66. The summed E-state index contributed by atoms with van der Waals surface area (Å²) < 4.78 is 0. The van der Waals surface area contributed by atoms with Crippen LogP contribution >= 0.6 is 0 Å². The van der Waals surface area contributed by atoms with Gasteiger partial charge in [0, 0.05) is 18.1 Å². The summed E-state index contributed by atoms with van der Waals surface area (Å²) in [6.45, 7) is 9.27. The number of nitrogens with zero attached hydrogens (tertiary/aromatic N) is 1. The Morgan fingerprint density at radius 1 is 1.25 bits per heavy atom. The van der Waals surface area contributed by atoms with Gasteiger partial charge in [-0.1, -0.05) is 13.8 Å². The molecule has 1 aliphatic heterocycles. The lowest BCUT2D eigenvalue weighted by Gasteiger charge is -2.51. The molecule has 16 heavy (non-hydrogen) atoms. The molecule has 1 saturated heterocycles. The van der Waals surface area contributed by atoms with Gasteiger partial charge in [-0.2, -0.15) is 0 Å². The predicted octanol–water partition coefficient (Wildman–Crippen LogP) is 2.62. The minimum atomic E-state index is 0.327. The summed E-state index contributed by atoms with van der Waals surface area (Å²) in [6, 6.07) is 0.720. The molecule has 1 saturated carbocycles. The zero-order valence-electron chi connectivity index (χ0n) is 11.2. The Balaban J connectivity index is 2.18. The molecule has 0 bridgehead atoms. The first-order valence-corrected chi connectivity index (χ1v) is 7.12. The van der Waals surface area contributed by atoms with E-state index in [4.69, 9.17) is 5.73 Å². The van der Waals surface area contributed by atoms with Gasteiger partial charge in [0.05, 0.1) is 0 Å². The fourth-order valence-corrected chi connectivity index (χ4v) is 3.74. The number of piperidine rings is 1. The fraction of sp³-hybridized carbons (Fsp3) is 1.00. The number of likely N-dealkylation sites (tertiary alicyclic amines) is 1. The summed E-state index contributed by atoms with van der Waals surface area (Å²) >= 11 is 0. The van der Waals surface area contributed by atoms with Crippen molar-refractivity contribution in [3.63, 3.8) is 0 Å². The Morgan fingerprint density at radius 3 is 2.44 bits per heavy atom. The topological polar surface area (TPSA) is 29.3 Å². The molecule has 2 fully saturated rings. The lowest BCUT2D eigenvalue weighted by atomic mass is 9.81. The normalized spacial score (nSPS) is 36.0. The highest BCUT2D eigenvalue weighted by atomic mass is 15.3. The fourth-order valence-electron chi connectivity index (χ4n) is 3.74. The molecule has 1 heterocycles. The van der Waals surface area contributed by atoms with Crippen molar-refractivity contribution in [1.29, 1.82) is 0 Å². The van der Waals surface area contributed by atoms with Crippen molar-refractivity contribution in [3.8, 4) is 0 Å². The van der Waals surface area contributed by atoms with E-state index in [0.29, 0.717) is 5.54 Å². The molecule has 0 radical (unpaired) electrons. The smallest absolute Gasteiger partial charge is 0.0360 e. The molecule has 0 amide bonds. The molecule has 2 heteroatoms. The highest BCUT2D eigenvalue weighted by Gasteiger charge is 2.49. The van der Waals surface area contributed by atoms with E-state index in [0.717, 1.165) is 24.4 Å². The maximum absolute atomic E-state index is 6.16. The lowest BCUT2D eigenvalue weighted by Crippen LogP contribution is -2.61. The van der Waals surface area contributed by atoms with Gasteiger partial charge < -0.3 is 5.73 Å². The largest absolute Gasteiger partial charge is 0.329 e. The van der Waals surface area contributed by atoms with E-state index in [1.54, 1.807) is 0 Å². The number of hydrogen-bond donors (Lipinski definition) is 1. The minimum absolute atomic E-state index is 0.327. The van der Waals surface area contributed by atoms with Crippen LogP contribution in [0, 0.1) is 11.8 Å². The van der Waals surface area contributed by atoms with Crippen LogP contribution in [0.2, 0.25) is 0 Å². The zero-order chi connectivity index (χ0) is 11.8. The predicted molar refractivity (Wildman–Crippen MR) is 69.4 cm³/mol. The average molecular weight is 224 g/mol. The third kappa shape index (κ3) is 1.91. The lowest BCUT2D eigenvalue weighted by molar-refractivity contribution is -0.0119. The molecule has 0 aromatic rings. The van der Waals surface area contributed by atoms with Crippen LogP contribution in [-0.4, -0.2) is 29.6 Å². The summed E-state index contributed by atoms with van der Waals surface area (Å²) in [6.07, 6.45) is 6.79. The van der Waals surface area contributed by atoms with E-state index in [1.165, 1.54) is 38.6 Å². The van der Waals surface area contributed by atoms with Gasteiger partial charge in [-0.15, -0.1) is 0 Å². The summed E-state index contributed by atoms with van der Waals surface area (Å²) in [5, 5.41) is 0. The van der Waals surface area contributed by atoms with Gasteiger partial charge in [-0.25, -0.2) is 0 Å². The third-order valence-electron chi connectivity index (χ3n) is 5.25. The Morgan fingerprint density at radius 2 is 1.94 bits per heavy atom. The molecule has 3 unspecified atom stereocenters. The Hall–Kier alpha value is -0.0800. The molecule has 94 valence electrons. The monoisotopic (exact) mass is 224 g/mol. The molecular formula is C14H28N2. The van der Waals surface area contributed by atoms with Crippen molar-refractivity contribution in [2.45, 2.75) is 64.5 Å². The number of nitrogens with two attached hydrogens (primary N) is 1. The third-order valence-corrected chi connectivity index (χ3v) is 5.25. The first kappa shape index (κ1) is 12.4. The van der Waals surface area contributed by atoms with Crippen LogP contribution in [0.1, 0.15) is 52.9 Å². The molecule has 0 aromatic carbocycles. The maximum atomic E-state index is 6.16. The molecule has 2 N–H and O–H groups in total.